The number of hydrogen-bond donors (Lipinski definition) is 2. The molecule has 1 atom stereocenters. The molecule has 0 aliphatic carbocycles. The fourth-order valence-electron chi connectivity index (χ4n) is 1.33. The second-order valence-corrected chi connectivity index (χ2v) is 5.18. The van der Waals surface area contributed by atoms with E-state index in [2.05, 4.69) is 5.32 Å². The van der Waals surface area contributed by atoms with Gasteiger partial charge >= 0.3 is 0 Å². The first-order valence-electron chi connectivity index (χ1n) is 5.41. The summed E-state index contributed by atoms with van der Waals surface area (Å²) >= 11 is 1.54. The van der Waals surface area contributed by atoms with Crippen LogP contribution in [-0.2, 0) is 0 Å². The molecule has 6 nitrogen and oxygen atoms in total. The third-order valence-corrected chi connectivity index (χ3v) is 3.48. The molecule has 0 bridgehead atoms. The summed E-state index contributed by atoms with van der Waals surface area (Å²) in [5.74, 6) is -1.56. The maximum atomic E-state index is 13.2. The first-order chi connectivity index (χ1) is 8.86. The summed E-state index contributed by atoms with van der Waals surface area (Å²) < 4.78 is 13.2. The van der Waals surface area contributed by atoms with Gasteiger partial charge in [0.25, 0.3) is 11.6 Å². The number of nitrogens with two attached hydrogens (primary N) is 1. The van der Waals surface area contributed by atoms with Crippen LogP contribution in [0.1, 0.15) is 17.3 Å². The number of halogens is 1. The third kappa shape index (κ3) is 3.82. The van der Waals surface area contributed by atoms with E-state index in [1.54, 1.807) is 11.8 Å². The van der Waals surface area contributed by atoms with E-state index in [0.717, 1.165) is 6.07 Å². The standard InChI is InChI=1S/C11H14FN3O3S/c1-6(19-2)5-14-11(16)7-3-9(13)8(12)4-10(7)15(17)18/h3-4,6H,5,13H2,1-2H3,(H,14,16). The van der Waals surface area contributed by atoms with Crippen LogP contribution in [0.2, 0.25) is 0 Å². The predicted octanol–water partition coefficient (Wildman–Crippen LogP) is 1.80. The molecular formula is C11H14FN3O3S. The lowest BCUT2D eigenvalue weighted by Gasteiger charge is -2.10. The number of amides is 1. The Morgan fingerprint density at radius 3 is 2.79 bits per heavy atom. The number of carbonyl (C=O) groups is 1. The van der Waals surface area contributed by atoms with Gasteiger partial charge in [0.2, 0.25) is 0 Å². The molecule has 104 valence electrons. The van der Waals surface area contributed by atoms with Crippen LogP contribution in [-0.4, -0.2) is 28.9 Å². The molecule has 0 radical (unpaired) electrons. The van der Waals surface area contributed by atoms with Gasteiger partial charge in [0, 0.05) is 11.8 Å². The zero-order valence-electron chi connectivity index (χ0n) is 10.5. The number of anilines is 1. The Kier molecular flexibility index (Phi) is 5.11. The van der Waals surface area contributed by atoms with Gasteiger partial charge in [-0.2, -0.15) is 11.8 Å². The molecule has 8 heteroatoms. The van der Waals surface area contributed by atoms with E-state index in [1.807, 2.05) is 13.2 Å². The Balaban J connectivity index is 3.01. The smallest absolute Gasteiger partial charge is 0.285 e. The summed E-state index contributed by atoms with van der Waals surface area (Å²) in [5, 5.41) is 13.5. The number of thioether (sulfide) groups is 1. The summed E-state index contributed by atoms with van der Waals surface area (Å²) in [6.45, 7) is 2.26. The van der Waals surface area contributed by atoms with Crippen molar-refractivity contribution in [1.82, 2.24) is 5.32 Å². The van der Waals surface area contributed by atoms with E-state index in [4.69, 9.17) is 5.73 Å². The molecule has 0 spiro atoms. The molecule has 3 N–H and O–H groups in total. The van der Waals surface area contributed by atoms with Crippen molar-refractivity contribution in [1.29, 1.82) is 0 Å². The van der Waals surface area contributed by atoms with E-state index < -0.39 is 22.3 Å². The fourth-order valence-corrected chi connectivity index (χ4v) is 1.58. The second-order valence-electron chi connectivity index (χ2n) is 3.90. The maximum absolute atomic E-state index is 13.2. The zero-order valence-corrected chi connectivity index (χ0v) is 11.3. The van der Waals surface area contributed by atoms with Gasteiger partial charge < -0.3 is 11.1 Å². The number of carbonyl (C=O) groups excluding carboxylic acids is 1. The van der Waals surface area contributed by atoms with E-state index in [0.29, 0.717) is 12.6 Å². The minimum absolute atomic E-state index is 0.167. The number of nitrogens with zero attached hydrogens (tertiary/aromatic N) is 1. The van der Waals surface area contributed by atoms with E-state index in [-0.39, 0.29) is 16.5 Å². The van der Waals surface area contributed by atoms with Crippen molar-refractivity contribution in [2.75, 3.05) is 18.5 Å². The van der Waals surface area contributed by atoms with Gasteiger partial charge in [0.15, 0.2) is 5.82 Å². The quantitative estimate of drug-likeness (QED) is 0.489. The Morgan fingerprint density at radius 2 is 2.26 bits per heavy atom. The predicted molar refractivity (Wildman–Crippen MR) is 72.8 cm³/mol. The molecule has 0 aromatic heterocycles. The topological polar surface area (TPSA) is 98.3 Å². The molecule has 1 amide bonds. The summed E-state index contributed by atoms with van der Waals surface area (Å²) in [7, 11) is 0. The van der Waals surface area contributed by atoms with Crippen LogP contribution in [0, 0.1) is 15.9 Å². The maximum Gasteiger partial charge on any atom is 0.285 e. The van der Waals surface area contributed by atoms with Gasteiger partial charge in [-0.3, -0.25) is 14.9 Å². The fraction of sp³-hybridized carbons (Fsp3) is 0.364. The lowest BCUT2D eigenvalue weighted by molar-refractivity contribution is -0.385. The van der Waals surface area contributed by atoms with Gasteiger partial charge in [-0.1, -0.05) is 6.92 Å². The highest BCUT2D eigenvalue weighted by Crippen LogP contribution is 2.24. The van der Waals surface area contributed by atoms with Crippen molar-refractivity contribution >= 4 is 29.0 Å². The first kappa shape index (κ1) is 15.2. The van der Waals surface area contributed by atoms with Crippen molar-refractivity contribution < 1.29 is 14.1 Å². The summed E-state index contributed by atoms with van der Waals surface area (Å²) in [6.07, 6.45) is 1.88. The van der Waals surface area contributed by atoms with E-state index in [1.165, 1.54) is 0 Å². The lowest BCUT2D eigenvalue weighted by Crippen LogP contribution is -2.30. The van der Waals surface area contributed by atoms with E-state index >= 15 is 0 Å². The highest BCUT2D eigenvalue weighted by molar-refractivity contribution is 7.99. The van der Waals surface area contributed by atoms with Gasteiger partial charge in [0.05, 0.1) is 16.7 Å². The number of nitrogen functional groups attached to an aromatic ring is 1. The molecule has 0 saturated heterocycles. The monoisotopic (exact) mass is 287 g/mol. The second kappa shape index (κ2) is 6.37. The summed E-state index contributed by atoms with van der Waals surface area (Å²) in [5.41, 5.74) is 4.20. The molecule has 0 fully saturated rings. The van der Waals surface area contributed by atoms with Crippen LogP contribution in [0.4, 0.5) is 15.8 Å². The summed E-state index contributed by atoms with van der Waals surface area (Å²) in [6, 6.07) is 1.63. The molecule has 1 aromatic carbocycles. The van der Waals surface area contributed by atoms with E-state index in [9.17, 15) is 19.3 Å². The average molecular weight is 287 g/mol. The van der Waals surface area contributed by atoms with Crippen LogP contribution in [0.25, 0.3) is 0 Å². The Morgan fingerprint density at radius 1 is 1.63 bits per heavy atom. The molecule has 1 rings (SSSR count). The average Bonchev–Trinajstić information content (AvgIpc) is 2.37. The number of nitro benzene ring substituents is 1. The lowest BCUT2D eigenvalue weighted by atomic mass is 10.1. The largest absolute Gasteiger partial charge is 0.396 e. The molecular weight excluding hydrogens is 273 g/mol. The van der Waals surface area contributed by atoms with Crippen molar-refractivity contribution in [3.63, 3.8) is 0 Å². The minimum Gasteiger partial charge on any atom is -0.396 e. The number of nitrogens with one attached hydrogen (secondary N) is 1. The van der Waals surface area contributed by atoms with Gasteiger partial charge in [0.1, 0.15) is 5.56 Å². The number of nitro groups is 1. The van der Waals surface area contributed by atoms with Gasteiger partial charge in [-0.15, -0.1) is 0 Å². The number of benzene rings is 1. The van der Waals surface area contributed by atoms with Crippen molar-refractivity contribution in [2.45, 2.75) is 12.2 Å². The molecule has 0 aliphatic rings. The van der Waals surface area contributed by atoms with Crippen molar-refractivity contribution in [3.05, 3.63) is 33.6 Å². The van der Waals surface area contributed by atoms with Gasteiger partial charge in [-0.25, -0.2) is 4.39 Å². The molecule has 0 heterocycles. The van der Waals surface area contributed by atoms with Crippen LogP contribution in [0.15, 0.2) is 12.1 Å². The SMILES string of the molecule is CSC(C)CNC(=O)c1cc(N)c(F)cc1[N+](=O)[O-]. The van der Waals surface area contributed by atoms with Crippen LogP contribution in [0.3, 0.4) is 0 Å². The molecule has 1 aromatic rings. The minimum atomic E-state index is -0.916. The molecule has 19 heavy (non-hydrogen) atoms. The first-order valence-corrected chi connectivity index (χ1v) is 6.70. The third-order valence-electron chi connectivity index (χ3n) is 2.51. The Labute approximate surface area is 113 Å². The van der Waals surface area contributed by atoms with Crippen LogP contribution >= 0.6 is 11.8 Å². The van der Waals surface area contributed by atoms with Crippen molar-refractivity contribution in [3.8, 4) is 0 Å². The van der Waals surface area contributed by atoms with Gasteiger partial charge in [-0.05, 0) is 12.3 Å². The van der Waals surface area contributed by atoms with Crippen molar-refractivity contribution in [2.24, 2.45) is 0 Å². The van der Waals surface area contributed by atoms with Crippen LogP contribution in [0.5, 0.6) is 0 Å². The molecule has 0 saturated carbocycles. The number of hydrogen-bond acceptors (Lipinski definition) is 5. The highest BCUT2D eigenvalue weighted by Gasteiger charge is 2.23. The van der Waals surface area contributed by atoms with Crippen LogP contribution < -0.4 is 11.1 Å². The highest BCUT2D eigenvalue weighted by atomic mass is 32.2. The zero-order chi connectivity index (χ0) is 14.6. The normalized spacial score (nSPS) is 11.9. The molecule has 0 aliphatic heterocycles. The number of rotatable bonds is 5. The Hall–Kier alpha value is -1.83. The summed E-state index contributed by atoms with van der Waals surface area (Å²) in [4.78, 5) is 21.8. The Bertz CT molecular complexity index is 510. The molecule has 1 unspecified atom stereocenters.